The van der Waals surface area contributed by atoms with Crippen LogP contribution in [0.5, 0.6) is 5.75 Å². The van der Waals surface area contributed by atoms with E-state index in [1.165, 1.54) is 0 Å². The van der Waals surface area contributed by atoms with Gasteiger partial charge in [-0.15, -0.1) is 12.4 Å². The van der Waals surface area contributed by atoms with Gasteiger partial charge < -0.3 is 20.7 Å². The second-order valence-corrected chi connectivity index (χ2v) is 8.02. The number of unbranched alkanes of at least 4 members (excludes halogenated alkanes) is 1. The average Bonchev–Trinajstić information content (AvgIpc) is 3.56. The quantitative estimate of drug-likeness (QED) is 0.639. The molecule has 1 aromatic rings. The van der Waals surface area contributed by atoms with E-state index in [0.717, 1.165) is 37.0 Å². The van der Waals surface area contributed by atoms with Gasteiger partial charge in [-0.3, -0.25) is 9.59 Å². The van der Waals surface area contributed by atoms with Crippen molar-refractivity contribution in [3.63, 3.8) is 0 Å². The van der Waals surface area contributed by atoms with Gasteiger partial charge >= 0.3 is 0 Å². The van der Waals surface area contributed by atoms with E-state index in [1.54, 1.807) is 7.11 Å². The molecule has 2 fully saturated rings. The number of nitrogens with one attached hydrogen (secondary N) is 1. The van der Waals surface area contributed by atoms with Gasteiger partial charge in [-0.2, -0.15) is 0 Å². The van der Waals surface area contributed by atoms with E-state index in [1.807, 2.05) is 29.2 Å². The Balaban J connectivity index is 0.00000300. The van der Waals surface area contributed by atoms with Crippen molar-refractivity contribution < 1.29 is 14.3 Å². The van der Waals surface area contributed by atoms with Crippen molar-refractivity contribution in [3.05, 3.63) is 29.8 Å². The van der Waals surface area contributed by atoms with E-state index in [0.29, 0.717) is 31.8 Å². The Morgan fingerprint density at radius 1 is 1.31 bits per heavy atom. The van der Waals surface area contributed by atoms with Crippen LogP contribution in [0.3, 0.4) is 0 Å². The predicted molar refractivity (Wildman–Crippen MR) is 116 cm³/mol. The third kappa shape index (κ3) is 5.64. The van der Waals surface area contributed by atoms with Gasteiger partial charge in [0.05, 0.1) is 19.1 Å². The third-order valence-corrected chi connectivity index (χ3v) is 5.99. The Kier molecular flexibility index (Phi) is 8.78. The number of hydrogen-bond donors (Lipinski definition) is 2. The molecule has 1 heterocycles. The fourth-order valence-electron chi connectivity index (χ4n) is 4.16. The maximum atomic E-state index is 13.1. The Bertz CT molecular complexity index is 696. The van der Waals surface area contributed by atoms with E-state index in [2.05, 4.69) is 12.2 Å². The number of amides is 2. The second-order valence-electron chi connectivity index (χ2n) is 8.02. The maximum absolute atomic E-state index is 13.1. The molecule has 1 saturated heterocycles. The lowest BCUT2D eigenvalue weighted by Gasteiger charge is -2.41. The first kappa shape index (κ1) is 23.5. The summed E-state index contributed by atoms with van der Waals surface area (Å²) in [6.07, 6.45) is 5.18. The molecule has 0 bridgehead atoms. The summed E-state index contributed by atoms with van der Waals surface area (Å²) in [6.45, 7) is 3.26. The van der Waals surface area contributed by atoms with Crippen LogP contribution in [0.15, 0.2) is 24.3 Å². The summed E-state index contributed by atoms with van der Waals surface area (Å²) >= 11 is 0. The molecule has 162 valence electrons. The summed E-state index contributed by atoms with van der Waals surface area (Å²) in [5, 5.41) is 3.06. The third-order valence-electron chi connectivity index (χ3n) is 5.99. The number of hydrogen-bond acceptors (Lipinski definition) is 4. The van der Waals surface area contributed by atoms with Gasteiger partial charge in [0.2, 0.25) is 11.8 Å². The van der Waals surface area contributed by atoms with Crippen molar-refractivity contribution >= 4 is 24.2 Å². The molecular weight excluding hydrogens is 390 g/mol. The summed E-state index contributed by atoms with van der Waals surface area (Å²) < 4.78 is 5.56. The first-order valence-electron chi connectivity index (χ1n) is 10.5. The van der Waals surface area contributed by atoms with E-state index in [-0.39, 0.29) is 42.2 Å². The highest BCUT2D eigenvalue weighted by Gasteiger charge is 2.41. The van der Waals surface area contributed by atoms with Gasteiger partial charge in [0.15, 0.2) is 0 Å². The van der Waals surface area contributed by atoms with Crippen LogP contribution in [-0.4, -0.2) is 43.0 Å². The van der Waals surface area contributed by atoms with Crippen LogP contribution in [0.1, 0.15) is 57.1 Å². The number of rotatable bonds is 9. The van der Waals surface area contributed by atoms with Gasteiger partial charge in [-0.05, 0) is 37.7 Å². The van der Waals surface area contributed by atoms with Crippen LogP contribution >= 0.6 is 12.4 Å². The lowest BCUT2D eigenvalue weighted by molar-refractivity contribution is -0.143. The number of benzene rings is 1. The highest BCUT2D eigenvalue weighted by Crippen LogP contribution is 2.41. The molecule has 1 aromatic carbocycles. The zero-order valence-corrected chi connectivity index (χ0v) is 18.2. The highest BCUT2D eigenvalue weighted by atomic mass is 35.5. The van der Waals surface area contributed by atoms with Crippen molar-refractivity contribution in [1.29, 1.82) is 0 Å². The molecule has 3 N–H and O–H groups in total. The number of methoxy groups -OCH3 is 1. The SMILES string of the molecule is CCCCN1C(=O)CCC(C(=O)NCC(N)C2CC2)C1c1ccccc1OC.Cl. The minimum atomic E-state index is -0.305. The Morgan fingerprint density at radius 3 is 2.69 bits per heavy atom. The van der Waals surface area contributed by atoms with Crippen molar-refractivity contribution in [2.75, 3.05) is 20.2 Å². The first-order valence-corrected chi connectivity index (χ1v) is 10.5. The largest absolute Gasteiger partial charge is 0.496 e. The molecule has 0 radical (unpaired) electrons. The molecule has 0 aromatic heterocycles. The van der Waals surface area contributed by atoms with Gasteiger partial charge in [0, 0.05) is 31.1 Å². The molecule has 1 aliphatic carbocycles. The van der Waals surface area contributed by atoms with E-state index < -0.39 is 0 Å². The molecule has 29 heavy (non-hydrogen) atoms. The fraction of sp³-hybridized carbons (Fsp3) is 0.636. The van der Waals surface area contributed by atoms with Crippen LogP contribution in [0.25, 0.3) is 0 Å². The monoisotopic (exact) mass is 423 g/mol. The van der Waals surface area contributed by atoms with Crippen LogP contribution in [0, 0.1) is 11.8 Å². The first-order chi connectivity index (χ1) is 13.6. The molecule has 1 saturated carbocycles. The van der Waals surface area contributed by atoms with Crippen LogP contribution in [-0.2, 0) is 9.59 Å². The van der Waals surface area contributed by atoms with Crippen LogP contribution < -0.4 is 15.8 Å². The number of carbonyl (C=O) groups excluding carboxylic acids is 2. The summed E-state index contributed by atoms with van der Waals surface area (Å²) in [4.78, 5) is 27.7. The van der Waals surface area contributed by atoms with Crippen molar-refractivity contribution in [2.24, 2.45) is 17.6 Å². The van der Waals surface area contributed by atoms with E-state index >= 15 is 0 Å². The number of para-hydroxylation sites is 1. The summed E-state index contributed by atoms with van der Waals surface area (Å²) in [6, 6.07) is 7.43. The molecular formula is C22H34ClN3O3. The lowest BCUT2D eigenvalue weighted by atomic mass is 9.83. The molecule has 2 aliphatic rings. The lowest BCUT2D eigenvalue weighted by Crippen LogP contribution is -2.50. The molecule has 6 nitrogen and oxygen atoms in total. The number of nitrogens with two attached hydrogens (primary N) is 1. The Labute approximate surface area is 179 Å². The molecule has 0 spiro atoms. The van der Waals surface area contributed by atoms with Gasteiger partial charge in [-0.25, -0.2) is 0 Å². The number of piperidine rings is 1. The molecule has 2 amide bonds. The number of likely N-dealkylation sites (tertiary alicyclic amines) is 1. The summed E-state index contributed by atoms with van der Waals surface area (Å²) in [5.74, 6) is 1.07. The number of ether oxygens (including phenoxy) is 1. The van der Waals surface area contributed by atoms with Gasteiger partial charge in [-0.1, -0.05) is 31.5 Å². The minimum Gasteiger partial charge on any atom is -0.496 e. The van der Waals surface area contributed by atoms with Crippen molar-refractivity contribution in [3.8, 4) is 5.75 Å². The molecule has 7 heteroatoms. The number of nitrogens with zero attached hydrogens (tertiary/aromatic N) is 1. The number of halogens is 1. The molecule has 3 atom stereocenters. The topological polar surface area (TPSA) is 84.7 Å². The summed E-state index contributed by atoms with van der Waals surface area (Å²) in [7, 11) is 1.63. The van der Waals surface area contributed by atoms with Crippen LogP contribution in [0.2, 0.25) is 0 Å². The normalized spacial score (nSPS) is 22.6. The van der Waals surface area contributed by atoms with E-state index in [4.69, 9.17) is 10.5 Å². The predicted octanol–water partition coefficient (Wildman–Crippen LogP) is 3.05. The number of carbonyl (C=O) groups is 2. The molecule has 3 unspecified atom stereocenters. The highest BCUT2D eigenvalue weighted by molar-refractivity contribution is 5.85. The van der Waals surface area contributed by atoms with Crippen molar-refractivity contribution in [2.45, 2.75) is 57.5 Å². The zero-order chi connectivity index (χ0) is 20.1. The zero-order valence-electron chi connectivity index (χ0n) is 17.4. The smallest absolute Gasteiger partial charge is 0.225 e. The van der Waals surface area contributed by atoms with E-state index in [9.17, 15) is 9.59 Å². The Hall–Kier alpha value is -1.79. The van der Waals surface area contributed by atoms with Crippen LogP contribution in [0.4, 0.5) is 0 Å². The minimum absolute atomic E-state index is 0. The van der Waals surface area contributed by atoms with Gasteiger partial charge in [0.25, 0.3) is 0 Å². The average molecular weight is 424 g/mol. The maximum Gasteiger partial charge on any atom is 0.225 e. The fourth-order valence-corrected chi connectivity index (χ4v) is 4.16. The standard InChI is InChI=1S/C22H33N3O3.ClH/c1-3-4-13-25-20(26)12-11-17(22(27)24-14-18(23)15-9-10-15)21(25)16-7-5-6-8-19(16)28-2;/h5-8,15,17-18,21H,3-4,9-14,23H2,1-2H3,(H,24,27);1H. The van der Waals surface area contributed by atoms with Gasteiger partial charge in [0.1, 0.15) is 5.75 Å². The van der Waals surface area contributed by atoms with Crippen molar-refractivity contribution in [1.82, 2.24) is 10.2 Å². The summed E-state index contributed by atoms with van der Waals surface area (Å²) in [5.41, 5.74) is 7.07. The second kappa shape index (κ2) is 10.8. The Morgan fingerprint density at radius 2 is 2.03 bits per heavy atom. The molecule has 3 rings (SSSR count). The molecule has 1 aliphatic heterocycles.